The maximum Gasteiger partial charge on any atom is 0.289 e. The number of aromatic nitrogens is 2. The molecule has 0 radical (unpaired) electrons. The van der Waals surface area contributed by atoms with Crippen LogP contribution >= 0.6 is 0 Å². The molecule has 27 heavy (non-hydrogen) atoms. The molecule has 0 aliphatic carbocycles. The largest absolute Gasteiger partial charge is 0.494 e. The van der Waals surface area contributed by atoms with Crippen LogP contribution in [0.2, 0.25) is 0 Å². The maximum atomic E-state index is 12.8. The van der Waals surface area contributed by atoms with Crippen LogP contribution in [-0.4, -0.2) is 51.2 Å². The van der Waals surface area contributed by atoms with E-state index in [0.717, 1.165) is 48.9 Å². The number of hydrogen-bond acceptors (Lipinski definition) is 4. The van der Waals surface area contributed by atoms with Crippen LogP contribution < -0.4 is 4.74 Å². The number of aromatic amines is 1. The van der Waals surface area contributed by atoms with Gasteiger partial charge in [0.1, 0.15) is 5.75 Å². The lowest BCUT2D eigenvalue weighted by Gasteiger charge is -2.36. The Morgan fingerprint density at radius 2 is 2.00 bits per heavy atom. The van der Waals surface area contributed by atoms with Gasteiger partial charge in [-0.25, -0.2) is 4.98 Å². The summed E-state index contributed by atoms with van der Waals surface area (Å²) in [6.45, 7) is 8.06. The minimum atomic E-state index is -0.562. The smallest absolute Gasteiger partial charge is 0.289 e. The molecule has 2 N–H and O–H groups in total. The second kappa shape index (κ2) is 8.30. The number of likely N-dealkylation sites (tertiary alicyclic amines) is 1. The molecule has 3 rings (SSSR count). The van der Waals surface area contributed by atoms with Crippen molar-refractivity contribution in [1.82, 2.24) is 14.9 Å². The Balaban J connectivity index is 1.63. The third-order valence-corrected chi connectivity index (χ3v) is 5.85. The van der Waals surface area contributed by atoms with Crippen LogP contribution in [0.4, 0.5) is 0 Å². The summed E-state index contributed by atoms with van der Waals surface area (Å²) in [5.74, 6) is 1.57. The van der Waals surface area contributed by atoms with Crippen LogP contribution in [0.1, 0.15) is 63.5 Å². The van der Waals surface area contributed by atoms with Crippen molar-refractivity contribution >= 4 is 16.9 Å². The molecule has 0 saturated carbocycles. The number of carbonyl (C=O) groups is 1. The number of carbonyl (C=O) groups excluding carboxylic acids is 1. The van der Waals surface area contributed by atoms with Gasteiger partial charge in [0.15, 0.2) is 5.82 Å². The van der Waals surface area contributed by atoms with E-state index >= 15 is 0 Å². The SMILES string of the molecule is CCOc1ccc2[nH]c(C(=O)N3CCC(CC(O)(CC)CC)CC3)nc2c1. The van der Waals surface area contributed by atoms with Gasteiger partial charge >= 0.3 is 0 Å². The molecule has 1 fully saturated rings. The lowest BCUT2D eigenvalue weighted by Crippen LogP contribution is -2.41. The van der Waals surface area contributed by atoms with E-state index in [1.165, 1.54) is 0 Å². The Morgan fingerprint density at radius 1 is 1.30 bits per heavy atom. The molecular formula is C21H31N3O3. The van der Waals surface area contributed by atoms with Gasteiger partial charge in [0.2, 0.25) is 0 Å². The van der Waals surface area contributed by atoms with Gasteiger partial charge in [0.25, 0.3) is 5.91 Å². The molecular weight excluding hydrogens is 342 g/mol. The van der Waals surface area contributed by atoms with Gasteiger partial charge in [-0.3, -0.25) is 4.79 Å². The highest BCUT2D eigenvalue weighted by Gasteiger charge is 2.31. The van der Waals surface area contributed by atoms with Gasteiger partial charge in [-0.15, -0.1) is 0 Å². The van der Waals surface area contributed by atoms with E-state index in [9.17, 15) is 9.90 Å². The summed E-state index contributed by atoms with van der Waals surface area (Å²) in [6, 6.07) is 5.63. The molecule has 0 spiro atoms. The molecule has 148 valence electrons. The van der Waals surface area contributed by atoms with E-state index < -0.39 is 5.60 Å². The predicted octanol–water partition coefficient (Wildman–Crippen LogP) is 3.76. The summed E-state index contributed by atoms with van der Waals surface area (Å²) in [5.41, 5.74) is 1.02. The van der Waals surface area contributed by atoms with Crippen LogP contribution in [0.3, 0.4) is 0 Å². The lowest BCUT2D eigenvalue weighted by molar-refractivity contribution is -0.00135. The number of H-pyrrole nitrogens is 1. The number of nitrogens with one attached hydrogen (secondary N) is 1. The minimum Gasteiger partial charge on any atom is -0.494 e. The van der Waals surface area contributed by atoms with Crippen LogP contribution in [-0.2, 0) is 0 Å². The molecule has 6 nitrogen and oxygen atoms in total. The monoisotopic (exact) mass is 373 g/mol. The van der Waals surface area contributed by atoms with Crippen molar-refractivity contribution < 1.29 is 14.6 Å². The van der Waals surface area contributed by atoms with Gasteiger partial charge in [-0.2, -0.15) is 0 Å². The fraction of sp³-hybridized carbons (Fsp3) is 0.619. The topological polar surface area (TPSA) is 78.5 Å². The zero-order chi connectivity index (χ0) is 19.4. The van der Waals surface area contributed by atoms with Crippen LogP contribution in [0.25, 0.3) is 11.0 Å². The third kappa shape index (κ3) is 4.43. The number of piperidine rings is 1. The van der Waals surface area contributed by atoms with Gasteiger partial charge in [-0.05, 0) is 57.1 Å². The number of aliphatic hydroxyl groups is 1. The number of imidazole rings is 1. The zero-order valence-electron chi connectivity index (χ0n) is 16.6. The van der Waals surface area contributed by atoms with Crippen molar-refractivity contribution in [3.05, 3.63) is 24.0 Å². The standard InChI is InChI=1S/C21H31N3O3/c1-4-21(26,5-2)14-15-9-11-24(12-10-15)20(25)19-22-17-8-7-16(27-6-3)13-18(17)23-19/h7-8,13,15,26H,4-6,9-12,14H2,1-3H3,(H,22,23). The number of hydrogen-bond donors (Lipinski definition) is 2. The molecule has 1 saturated heterocycles. The summed E-state index contributed by atoms with van der Waals surface area (Å²) < 4.78 is 5.50. The van der Waals surface area contributed by atoms with Crippen molar-refractivity contribution in [2.75, 3.05) is 19.7 Å². The molecule has 1 aromatic carbocycles. The minimum absolute atomic E-state index is 0.0520. The van der Waals surface area contributed by atoms with E-state index in [2.05, 4.69) is 9.97 Å². The first kappa shape index (κ1) is 19.7. The molecule has 2 aromatic rings. The Morgan fingerprint density at radius 3 is 2.63 bits per heavy atom. The summed E-state index contributed by atoms with van der Waals surface area (Å²) >= 11 is 0. The Kier molecular flexibility index (Phi) is 6.05. The van der Waals surface area contributed by atoms with Crippen molar-refractivity contribution in [2.24, 2.45) is 5.92 Å². The summed E-state index contributed by atoms with van der Waals surface area (Å²) in [4.78, 5) is 22.3. The van der Waals surface area contributed by atoms with Crippen molar-refractivity contribution in [2.45, 2.75) is 58.5 Å². The van der Waals surface area contributed by atoms with E-state index in [1.807, 2.05) is 43.9 Å². The Bertz CT molecular complexity index is 774. The predicted molar refractivity (Wildman–Crippen MR) is 106 cm³/mol. The third-order valence-electron chi connectivity index (χ3n) is 5.85. The molecule has 0 atom stereocenters. The first-order valence-corrected chi connectivity index (χ1v) is 10.1. The molecule has 1 aliphatic rings. The van der Waals surface area contributed by atoms with Gasteiger partial charge in [0.05, 0.1) is 23.2 Å². The van der Waals surface area contributed by atoms with Gasteiger partial charge in [0, 0.05) is 19.2 Å². The van der Waals surface area contributed by atoms with Gasteiger partial charge in [-0.1, -0.05) is 13.8 Å². The van der Waals surface area contributed by atoms with Crippen LogP contribution in [0, 0.1) is 5.92 Å². The number of nitrogens with zero attached hydrogens (tertiary/aromatic N) is 2. The van der Waals surface area contributed by atoms with Crippen molar-refractivity contribution in [3.63, 3.8) is 0 Å². The average Bonchev–Trinajstić information content (AvgIpc) is 3.11. The summed E-state index contributed by atoms with van der Waals surface area (Å²) in [6.07, 6.45) is 4.26. The highest BCUT2D eigenvalue weighted by Crippen LogP contribution is 2.31. The first-order valence-electron chi connectivity index (χ1n) is 10.1. The zero-order valence-corrected chi connectivity index (χ0v) is 16.6. The maximum absolute atomic E-state index is 12.8. The number of rotatable bonds is 7. The summed E-state index contributed by atoms with van der Waals surface area (Å²) in [5, 5.41) is 10.6. The second-order valence-corrected chi connectivity index (χ2v) is 7.57. The number of benzene rings is 1. The van der Waals surface area contributed by atoms with Crippen LogP contribution in [0.15, 0.2) is 18.2 Å². The Hall–Kier alpha value is -2.08. The van der Waals surface area contributed by atoms with Crippen LogP contribution in [0.5, 0.6) is 5.75 Å². The van der Waals surface area contributed by atoms with E-state index in [-0.39, 0.29) is 5.91 Å². The quantitative estimate of drug-likeness (QED) is 0.775. The molecule has 2 heterocycles. The van der Waals surface area contributed by atoms with E-state index in [1.54, 1.807) is 0 Å². The number of amides is 1. The molecule has 1 aromatic heterocycles. The van der Waals surface area contributed by atoms with Gasteiger partial charge < -0.3 is 19.7 Å². The highest BCUT2D eigenvalue weighted by atomic mass is 16.5. The molecule has 6 heteroatoms. The van der Waals surface area contributed by atoms with Crippen molar-refractivity contribution in [1.29, 1.82) is 0 Å². The molecule has 1 amide bonds. The summed E-state index contributed by atoms with van der Waals surface area (Å²) in [7, 11) is 0. The highest BCUT2D eigenvalue weighted by molar-refractivity contribution is 5.94. The molecule has 0 bridgehead atoms. The second-order valence-electron chi connectivity index (χ2n) is 7.57. The fourth-order valence-corrected chi connectivity index (χ4v) is 3.91. The lowest BCUT2D eigenvalue weighted by atomic mass is 9.82. The Labute approximate surface area is 160 Å². The first-order chi connectivity index (χ1) is 13.0. The van der Waals surface area contributed by atoms with Crippen molar-refractivity contribution in [3.8, 4) is 5.75 Å². The van der Waals surface area contributed by atoms with E-state index in [4.69, 9.17) is 4.74 Å². The fourth-order valence-electron chi connectivity index (χ4n) is 3.91. The number of fused-ring (bicyclic) bond motifs is 1. The number of ether oxygens (including phenoxy) is 1. The average molecular weight is 373 g/mol. The normalized spacial score (nSPS) is 16.1. The molecule has 1 aliphatic heterocycles. The molecule has 0 unspecified atom stereocenters. The van der Waals surface area contributed by atoms with E-state index in [0.29, 0.717) is 31.4 Å².